The van der Waals surface area contributed by atoms with Gasteiger partial charge in [-0.3, -0.25) is 24.0 Å². The molecule has 0 bridgehead atoms. The zero-order chi connectivity index (χ0) is 26.7. The minimum atomic E-state index is -0.617. The van der Waals surface area contributed by atoms with Gasteiger partial charge >= 0.3 is 0 Å². The van der Waals surface area contributed by atoms with Gasteiger partial charge in [0.25, 0.3) is 5.56 Å². The van der Waals surface area contributed by atoms with Crippen LogP contribution in [0.25, 0.3) is 5.69 Å². The summed E-state index contributed by atoms with van der Waals surface area (Å²) in [5, 5.41) is 2.70. The van der Waals surface area contributed by atoms with Gasteiger partial charge in [-0.15, -0.1) is 0 Å². The van der Waals surface area contributed by atoms with Crippen molar-refractivity contribution in [3.05, 3.63) is 75.1 Å². The highest BCUT2D eigenvalue weighted by molar-refractivity contribution is 9.10. The van der Waals surface area contributed by atoms with Crippen molar-refractivity contribution in [2.75, 3.05) is 5.32 Å². The molecule has 0 unspecified atom stereocenters. The van der Waals surface area contributed by atoms with Crippen LogP contribution in [0.15, 0.2) is 68.9 Å². The van der Waals surface area contributed by atoms with Crippen LogP contribution in [0.1, 0.15) is 38.8 Å². The summed E-state index contributed by atoms with van der Waals surface area (Å²) in [4.78, 5) is 46.1. The molecule has 2 heterocycles. The number of carbonyl (C=O) groups excluding carboxylic acids is 2. The second kappa shape index (κ2) is 11.5. The van der Waals surface area contributed by atoms with Crippen molar-refractivity contribution in [3.8, 4) is 5.69 Å². The van der Waals surface area contributed by atoms with Crippen LogP contribution < -0.4 is 10.9 Å². The molecule has 1 aliphatic heterocycles. The first-order valence-electron chi connectivity index (χ1n) is 12.2. The lowest BCUT2D eigenvalue weighted by atomic mass is 10.1. The van der Waals surface area contributed by atoms with E-state index < -0.39 is 5.25 Å². The normalized spacial score (nSPS) is 17.4. The number of halogens is 1. The molecule has 37 heavy (non-hydrogen) atoms. The quantitative estimate of drug-likeness (QED) is 0.384. The SMILES string of the molecule is CCC[C@H](C)N1C(=O)[C@H](CC(=O)Nc2ccc(Br)cc2)SC1=Nc1c(C)n(C)n(-c2ccccc2)c1=O. The Labute approximate surface area is 228 Å². The molecule has 2 atom stereocenters. The summed E-state index contributed by atoms with van der Waals surface area (Å²) >= 11 is 4.63. The Hall–Kier alpha value is -3.11. The van der Waals surface area contributed by atoms with E-state index in [0.717, 1.165) is 23.0 Å². The summed E-state index contributed by atoms with van der Waals surface area (Å²) in [6.45, 7) is 5.87. The summed E-state index contributed by atoms with van der Waals surface area (Å²) in [5.41, 5.74) is 2.11. The number of nitrogens with one attached hydrogen (secondary N) is 1. The van der Waals surface area contributed by atoms with Crippen LogP contribution in [0.5, 0.6) is 0 Å². The molecule has 0 radical (unpaired) electrons. The minimum Gasteiger partial charge on any atom is -0.326 e. The highest BCUT2D eigenvalue weighted by Gasteiger charge is 2.41. The van der Waals surface area contributed by atoms with E-state index in [2.05, 4.69) is 28.2 Å². The summed E-state index contributed by atoms with van der Waals surface area (Å²) in [7, 11) is 1.81. The number of nitrogens with zero attached hydrogens (tertiary/aromatic N) is 4. The van der Waals surface area contributed by atoms with Crippen LogP contribution in [0.3, 0.4) is 0 Å². The number of benzene rings is 2. The van der Waals surface area contributed by atoms with Gasteiger partial charge in [-0.05, 0) is 56.7 Å². The first-order chi connectivity index (χ1) is 17.7. The molecular weight excluding hydrogens is 554 g/mol. The lowest BCUT2D eigenvalue weighted by Gasteiger charge is -2.24. The molecule has 1 N–H and O–H groups in total. The van der Waals surface area contributed by atoms with Gasteiger partial charge in [0.2, 0.25) is 11.8 Å². The molecule has 1 aliphatic rings. The molecule has 4 rings (SSSR count). The number of para-hydroxylation sites is 1. The van der Waals surface area contributed by atoms with Gasteiger partial charge in [0, 0.05) is 29.7 Å². The maximum absolute atomic E-state index is 13.5. The van der Waals surface area contributed by atoms with E-state index in [4.69, 9.17) is 4.99 Å². The fourth-order valence-electron chi connectivity index (χ4n) is 4.34. The molecule has 0 aliphatic carbocycles. The van der Waals surface area contributed by atoms with Crippen molar-refractivity contribution in [1.29, 1.82) is 0 Å². The molecule has 3 aromatic rings. The second-order valence-electron chi connectivity index (χ2n) is 9.02. The van der Waals surface area contributed by atoms with Gasteiger partial charge in [-0.2, -0.15) is 0 Å². The molecular formula is C27H30BrN5O3S. The summed E-state index contributed by atoms with van der Waals surface area (Å²) < 4.78 is 4.25. The maximum Gasteiger partial charge on any atom is 0.297 e. The zero-order valence-electron chi connectivity index (χ0n) is 21.3. The third kappa shape index (κ3) is 5.75. The van der Waals surface area contributed by atoms with E-state index in [1.807, 2.05) is 63.4 Å². The third-order valence-corrected chi connectivity index (χ3v) is 8.02. The van der Waals surface area contributed by atoms with Crippen molar-refractivity contribution < 1.29 is 9.59 Å². The van der Waals surface area contributed by atoms with Crippen molar-refractivity contribution in [3.63, 3.8) is 0 Å². The fourth-order valence-corrected chi connectivity index (χ4v) is 5.83. The van der Waals surface area contributed by atoms with Crippen LogP contribution in [0.2, 0.25) is 0 Å². The summed E-state index contributed by atoms with van der Waals surface area (Å²) in [6.07, 6.45) is 1.68. The standard InChI is InChI=1S/C27H30BrN5O3S/c1-5-9-17(2)32-25(35)22(16-23(34)29-20-14-12-19(28)13-15-20)37-27(32)30-24-18(3)31(4)33(26(24)36)21-10-7-6-8-11-21/h6-8,10-15,17,22H,5,9,16H2,1-4H3,(H,29,34)/t17-,22-/m0/s1. The van der Waals surface area contributed by atoms with Crippen LogP contribution in [0.4, 0.5) is 11.4 Å². The monoisotopic (exact) mass is 583 g/mol. The summed E-state index contributed by atoms with van der Waals surface area (Å²) in [6, 6.07) is 16.5. The van der Waals surface area contributed by atoms with E-state index in [9.17, 15) is 14.4 Å². The maximum atomic E-state index is 13.5. The topological polar surface area (TPSA) is 88.7 Å². The van der Waals surface area contributed by atoms with Crippen molar-refractivity contribution >= 4 is 56.0 Å². The molecule has 2 aromatic carbocycles. The Morgan fingerprint density at radius 2 is 1.81 bits per heavy atom. The molecule has 0 saturated carbocycles. The lowest BCUT2D eigenvalue weighted by molar-refractivity contribution is -0.129. The van der Waals surface area contributed by atoms with Crippen LogP contribution in [0, 0.1) is 6.92 Å². The van der Waals surface area contributed by atoms with E-state index in [1.54, 1.807) is 26.4 Å². The van der Waals surface area contributed by atoms with Gasteiger partial charge in [0.1, 0.15) is 5.25 Å². The number of aromatic nitrogens is 2. The Morgan fingerprint density at radius 1 is 1.14 bits per heavy atom. The van der Waals surface area contributed by atoms with E-state index in [-0.39, 0.29) is 35.5 Å². The Kier molecular flexibility index (Phi) is 8.39. The third-order valence-electron chi connectivity index (χ3n) is 6.34. The molecule has 8 nitrogen and oxygen atoms in total. The molecule has 2 amide bonds. The summed E-state index contributed by atoms with van der Waals surface area (Å²) in [5.74, 6) is -0.410. The van der Waals surface area contributed by atoms with Gasteiger partial charge in [0.15, 0.2) is 10.9 Å². The first kappa shape index (κ1) is 26.9. The van der Waals surface area contributed by atoms with Gasteiger partial charge in [-0.25, -0.2) is 9.67 Å². The molecule has 10 heteroatoms. The fraction of sp³-hybridized carbons (Fsp3) is 0.333. The number of rotatable bonds is 8. The zero-order valence-corrected chi connectivity index (χ0v) is 23.7. The van der Waals surface area contributed by atoms with Crippen LogP contribution in [-0.2, 0) is 16.6 Å². The van der Waals surface area contributed by atoms with Crippen molar-refractivity contribution in [2.24, 2.45) is 12.0 Å². The van der Waals surface area contributed by atoms with Gasteiger partial charge in [0.05, 0.1) is 11.4 Å². The average molecular weight is 585 g/mol. The van der Waals surface area contributed by atoms with Crippen LogP contribution >= 0.6 is 27.7 Å². The lowest BCUT2D eigenvalue weighted by Crippen LogP contribution is -2.40. The second-order valence-corrected chi connectivity index (χ2v) is 11.1. The number of hydrogen-bond acceptors (Lipinski definition) is 5. The number of amidine groups is 1. The van der Waals surface area contributed by atoms with Crippen molar-refractivity contribution in [2.45, 2.75) is 51.3 Å². The Bertz CT molecular complexity index is 1380. The smallest absolute Gasteiger partial charge is 0.297 e. The van der Waals surface area contributed by atoms with Crippen molar-refractivity contribution in [1.82, 2.24) is 14.3 Å². The van der Waals surface area contributed by atoms with E-state index in [1.165, 1.54) is 11.8 Å². The Balaban J connectivity index is 1.65. The molecule has 1 aromatic heterocycles. The number of hydrogen-bond donors (Lipinski definition) is 1. The molecule has 194 valence electrons. The van der Waals surface area contributed by atoms with Gasteiger partial charge in [-0.1, -0.05) is 59.2 Å². The molecule has 0 spiro atoms. The highest BCUT2D eigenvalue weighted by Crippen LogP contribution is 2.34. The predicted molar refractivity (Wildman–Crippen MR) is 153 cm³/mol. The van der Waals surface area contributed by atoms with E-state index >= 15 is 0 Å². The van der Waals surface area contributed by atoms with E-state index in [0.29, 0.717) is 16.5 Å². The highest BCUT2D eigenvalue weighted by atomic mass is 79.9. The number of amides is 2. The average Bonchev–Trinajstić information content (AvgIpc) is 3.28. The number of thioether (sulfide) groups is 1. The van der Waals surface area contributed by atoms with Crippen LogP contribution in [-0.4, -0.2) is 42.5 Å². The first-order valence-corrected chi connectivity index (χ1v) is 13.9. The molecule has 1 fully saturated rings. The number of carbonyl (C=O) groups is 2. The largest absolute Gasteiger partial charge is 0.326 e. The minimum absolute atomic E-state index is 0.00987. The Morgan fingerprint density at radius 3 is 2.46 bits per heavy atom. The van der Waals surface area contributed by atoms with Gasteiger partial charge < -0.3 is 5.32 Å². The predicted octanol–water partition coefficient (Wildman–Crippen LogP) is 5.40. The molecule has 1 saturated heterocycles. The number of aliphatic imine (C=N–C) groups is 1. The number of anilines is 1.